The van der Waals surface area contributed by atoms with Crippen LogP contribution in [0.25, 0.3) is 0 Å². The maximum Gasteiger partial charge on any atom is 0.251 e. The lowest BCUT2D eigenvalue weighted by Gasteiger charge is -2.10. The number of carbonyl (C=O) groups is 2. The van der Waals surface area contributed by atoms with E-state index in [-0.39, 0.29) is 18.2 Å². The monoisotopic (exact) mass is 308 g/mol. The second-order valence-corrected chi connectivity index (χ2v) is 4.78. The average Bonchev–Trinajstić information content (AvgIpc) is 2.54. The molecule has 0 radical (unpaired) electrons. The van der Waals surface area contributed by atoms with E-state index in [9.17, 15) is 9.59 Å². The lowest BCUT2D eigenvalue weighted by atomic mass is 10.2. The summed E-state index contributed by atoms with van der Waals surface area (Å²) in [4.78, 5) is 23.5. The number of benzene rings is 1. The molecule has 0 saturated heterocycles. The number of ether oxygens (including phenoxy) is 2. The molecule has 0 aliphatic rings. The second-order valence-electron chi connectivity index (χ2n) is 4.78. The summed E-state index contributed by atoms with van der Waals surface area (Å²) in [6.07, 6.45) is 2.27. The van der Waals surface area contributed by atoms with Gasteiger partial charge in [-0.25, -0.2) is 0 Å². The molecule has 0 heterocycles. The Morgan fingerprint density at radius 1 is 1.05 bits per heavy atom. The van der Waals surface area contributed by atoms with Gasteiger partial charge in [-0.3, -0.25) is 9.59 Å². The van der Waals surface area contributed by atoms with Crippen molar-refractivity contribution < 1.29 is 19.1 Å². The summed E-state index contributed by atoms with van der Waals surface area (Å²) in [7, 11) is 3.05. The van der Waals surface area contributed by atoms with E-state index >= 15 is 0 Å². The first-order valence-electron chi connectivity index (χ1n) is 7.39. The number of methoxy groups -OCH3 is 2. The SMILES string of the molecule is CCCCNC(=O)CCNC(=O)c1ccc(OC)c(OC)c1. The molecule has 1 rings (SSSR count). The van der Waals surface area contributed by atoms with Crippen molar-refractivity contribution in [3.63, 3.8) is 0 Å². The van der Waals surface area contributed by atoms with Crippen LogP contribution in [0.4, 0.5) is 0 Å². The third-order valence-electron chi connectivity index (χ3n) is 3.14. The number of amides is 2. The smallest absolute Gasteiger partial charge is 0.251 e. The first-order valence-corrected chi connectivity index (χ1v) is 7.39. The number of carbonyl (C=O) groups excluding carboxylic acids is 2. The van der Waals surface area contributed by atoms with Crippen LogP contribution in [0.5, 0.6) is 11.5 Å². The third kappa shape index (κ3) is 5.63. The Kier molecular flexibility index (Phi) is 7.81. The van der Waals surface area contributed by atoms with Gasteiger partial charge in [-0.1, -0.05) is 13.3 Å². The summed E-state index contributed by atoms with van der Waals surface area (Å²) >= 11 is 0. The van der Waals surface area contributed by atoms with Crippen LogP contribution in [0.3, 0.4) is 0 Å². The van der Waals surface area contributed by atoms with E-state index in [0.29, 0.717) is 30.2 Å². The molecule has 0 aliphatic carbocycles. The molecule has 122 valence electrons. The van der Waals surface area contributed by atoms with Crippen molar-refractivity contribution in [1.82, 2.24) is 10.6 Å². The lowest BCUT2D eigenvalue weighted by Crippen LogP contribution is -2.31. The molecule has 22 heavy (non-hydrogen) atoms. The lowest BCUT2D eigenvalue weighted by molar-refractivity contribution is -0.120. The standard InChI is InChI=1S/C16H24N2O4/c1-4-5-9-17-15(19)8-10-18-16(20)12-6-7-13(21-2)14(11-12)22-3/h6-7,11H,4-5,8-10H2,1-3H3,(H,17,19)(H,18,20). The maximum atomic E-state index is 12.0. The first kappa shape index (κ1) is 17.8. The molecule has 0 saturated carbocycles. The minimum Gasteiger partial charge on any atom is -0.493 e. The zero-order valence-corrected chi connectivity index (χ0v) is 13.4. The van der Waals surface area contributed by atoms with Gasteiger partial charge >= 0.3 is 0 Å². The van der Waals surface area contributed by atoms with Gasteiger partial charge in [-0.05, 0) is 24.6 Å². The van der Waals surface area contributed by atoms with E-state index in [1.807, 2.05) is 0 Å². The molecule has 2 amide bonds. The first-order chi connectivity index (χ1) is 10.6. The van der Waals surface area contributed by atoms with Crippen molar-refractivity contribution >= 4 is 11.8 Å². The van der Waals surface area contributed by atoms with Crippen LogP contribution in [0.1, 0.15) is 36.5 Å². The molecule has 0 aliphatic heterocycles. The van der Waals surface area contributed by atoms with E-state index in [1.54, 1.807) is 18.2 Å². The fourth-order valence-corrected chi connectivity index (χ4v) is 1.86. The van der Waals surface area contributed by atoms with Crippen LogP contribution in [0.2, 0.25) is 0 Å². The Balaban J connectivity index is 2.44. The van der Waals surface area contributed by atoms with E-state index in [0.717, 1.165) is 12.8 Å². The minimum atomic E-state index is -0.248. The molecular weight excluding hydrogens is 284 g/mol. The van der Waals surface area contributed by atoms with Gasteiger partial charge in [-0.15, -0.1) is 0 Å². The summed E-state index contributed by atoms with van der Waals surface area (Å²) in [6.45, 7) is 3.04. The van der Waals surface area contributed by atoms with E-state index < -0.39 is 0 Å². The summed E-state index contributed by atoms with van der Waals surface area (Å²) in [6, 6.07) is 4.93. The number of rotatable bonds is 9. The Hall–Kier alpha value is -2.24. The average molecular weight is 308 g/mol. The van der Waals surface area contributed by atoms with E-state index in [1.165, 1.54) is 14.2 Å². The van der Waals surface area contributed by atoms with Crippen LogP contribution in [-0.2, 0) is 4.79 Å². The summed E-state index contributed by atoms with van der Waals surface area (Å²) in [5.41, 5.74) is 0.462. The number of hydrogen-bond acceptors (Lipinski definition) is 4. The highest BCUT2D eigenvalue weighted by atomic mass is 16.5. The van der Waals surface area contributed by atoms with Gasteiger partial charge in [0.2, 0.25) is 5.91 Å². The topological polar surface area (TPSA) is 76.7 Å². The molecule has 0 unspecified atom stereocenters. The van der Waals surface area contributed by atoms with Crippen LogP contribution >= 0.6 is 0 Å². The highest BCUT2D eigenvalue weighted by molar-refractivity contribution is 5.95. The van der Waals surface area contributed by atoms with Crippen LogP contribution in [0, 0.1) is 0 Å². The van der Waals surface area contributed by atoms with Gasteiger partial charge in [0.25, 0.3) is 5.91 Å². The van der Waals surface area contributed by atoms with Crippen molar-refractivity contribution in [3.05, 3.63) is 23.8 Å². The van der Waals surface area contributed by atoms with Crippen LogP contribution in [0.15, 0.2) is 18.2 Å². The Labute approximate surface area is 131 Å². The molecular formula is C16H24N2O4. The molecule has 0 atom stereocenters. The molecule has 0 aromatic heterocycles. The minimum absolute atomic E-state index is 0.0546. The van der Waals surface area contributed by atoms with Crippen molar-refractivity contribution in [2.24, 2.45) is 0 Å². The quantitative estimate of drug-likeness (QED) is 0.681. The van der Waals surface area contributed by atoms with Gasteiger partial charge in [0.05, 0.1) is 14.2 Å². The van der Waals surface area contributed by atoms with Gasteiger partial charge in [0.1, 0.15) is 0 Å². The molecule has 6 nitrogen and oxygen atoms in total. The molecule has 1 aromatic carbocycles. The predicted octanol–water partition coefficient (Wildman–Crippen LogP) is 1.74. The van der Waals surface area contributed by atoms with Gasteiger partial charge in [-0.2, -0.15) is 0 Å². The summed E-state index contributed by atoms with van der Waals surface area (Å²) in [5, 5.41) is 5.52. The van der Waals surface area contributed by atoms with Crippen molar-refractivity contribution in [2.75, 3.05) is 27.3 Å². The fraction of sp³-hybridized carbons (Fsp3) is 0.500. The normalized spacial score (nSPS) is 9.95. The van der Waals surface area contributed by atoms with E-state index in [4.69, 9.17) is 9.47 Å². The zero-order chi connectivity index (χ0) is 16.4. The Morgan fingerprint density at radius 2 is 1.77 bits per heavy atom. The maximum absolute atomic E-state index is 12.0. The molecule has 0 bridgehead atoms. The van der Waals surface area contributed by atoms with Gasteiger partial charge in [0.15, 0.2) is 11.5 Å². The van der Waals surface area contributed by atoms with E-state index in [2.05, 4.69) is 17.6 Å². The van der Waals surface area contributed by atoms with Gasteiger partial charge < -0.3 is 20.1 Å². The molecule has 0 spiro atoms. The molecule has 6 heteroatoms. The zero-order valence-electron chi connectivity index (χ0n) is 13.4. The number of hydrogen-bond donors (Lipinski definition) is 2. The van der Waals surface area contributed by atoms with Crippen LogP contribution in [-0.4, -0.2) is 39.1 Å². The fourth-order valence-electron chi connectivity index (χ4n) is 1.86. The Bertz CT molecular complexity index is 503. The van der Waals surface area contributed by atoms with Crippen LogP contribution < -0.4 is 20.1 Å². The second kappa shape index (κ2) is 9.65. The highest BCUT2D eigenvalue weighted by Crippen LogP contribution is 2.27. The molecule has 2 N–H and O–H groups in total. The predicted molar refractivity (Wildman–Crippen MR) is 84.4 cm³/mol. The highest BCUT2D eigenvalue weighted by Gasteiger charge is 2.10. The van der Waals surface area contributed by atoms with Crippen molar-refractivity contribution in [3.8, 4) is 11.5 Å². The number of unbranched alkanes of at least 4 members (excludes halogenated alkanes) is 1. The Morgan fingerprint density at radius 3 is 2.41 bits per heavy atom. The number of nitrogens with one attached hydrogen (secondary N) is 2. The third-order valence-corrected chi connectivity index (χ3v) is 3.14. The van der Waals surface area contributed by atoms with Crippen molar-refractivity contribution in [2.45, 2.75) is 26.2 Å². The van der Waals surface area contributed by atoms with Crippen molar-refractivity contribution in [1.29, 1.82) is 0 Å². The van der Waals surface area contributed by atoms with Gasteiger partial charge in [0, 0.05) is 25.1 Å². The summed E-state index contributed by atoms with van der Waals surface area (Å²) < 4.78 is 10.3. The summed E-state index contributed by atoms with van der Waals surface area (Å²) in [5.74, 6) is 0.755. The molecule has 1 aromatic rings. The largest absolute Gasteiger partial charge is 0.493 e. The molecule has 0 fully saturated rings.